The average Bonchev–Trinajstić information content (AvgIpc) is 3.48. The minimum Gasteiger partial charge on any atom is -0.428 e. The van der Waals surface area contributed by atoms with Crippen molar-refractivity contribution in [2.75, 3.05) is 0 Å². The number of Topliss-reactive ketones (excluding diaryl/α,β-unsaturated/α-hetero) is 1. The van der Waals surface area contributed by atoms with E-state index < -0.39 is 71.2 Å². The van der Waals surface area contributed by atoms with Gasteiger partial charge in [-0.05, 0) is 82.3 Å². The second-order valence-electron chi connectivity index (χ2n) is 12.1. The predicted octanol–water partition coefficient (Wildman–Crippen LogP) is 7.48. The van der Waals surface area contributed by atoms with E-state index in [-0.39, 0.29) is 23.3 Å². The summed E-state index contributed by atoms with van der Waals surface area (Å²) in [6.45, 7) is 10.4. The van der Waals surface area contributed by atoms with Crippen LogP contribution >= 0.6 is 0 Å². The van der Waals surface area contributed by atoms with Crippen molar-refractivity contribution in [1.29, 1.82) is 0 Å². The summed E-state index contributed by atoms with van der Waals surface area (Å²) in [6.07, 6.45) is -13.1. The van der Waals surface area contributed by atoms with Gasteiger partial charge in [0, 0.05) is 5.92 Å². The standard InChI is InChI=1S/C30H29F6NO5/c1-12-7-13(2)20(14(3)8-12)22-24(38)23-21(26(22)41-27(39)42-28(4,5)6)17-11-16(25(23)40-17)15-9-18(29(31,32)33)37-19(10-15)30(34,35)36/h7-10,16-17,21,23,25H,11H2,1-6H3/t16-,17-,21-,23+,25+/m0/s1. The lowest BCUT2D eigenvalue weighted by atomic mass is 9.72. The highest BCUT2D eigenvalue weighted by Gasteiger charge is 2.64. The van der Waals surface area contributed by atoms with Gasteiger partial charge in [0.25, 0.3) is 0 Å². The molecule has 5 rings (SSSR count). The number of halogens is 6. The molecule has 0 amide bonds. The van der Waals surface area contributed by atoms with Crippen LogP contribution in [0.25, 0.3) is 5.57 Å². The van der Waals surface area contributed by atoms with Crippen LogP contribution in [-0.4, -0.2) is 34.7 Å². The van der Waals surface area contributed by atoms with Gasteiger partial charge in [-0.1, -0.05) is 17.7 Å². The van der Waals surface area contributed by atoms with Gasteiger partial charge < -0.3 is 14.2 Å². The normalized spacial score (nSPS) is 25.7. The molecule has 42 heavy (non-hydrogen) atoms. The summed E-state index contributed by atoms with van der Waals surface area (Å²) >= 11 is 0. The molecule has 1 aliphatic carbocycles. The Labute approximate surface area is 238 Å². The van der Waals surface area contributed by atoms with Crippen LogP contribution in [0.2, 0.25) is 0 Å². The highest BCUT2D eigenvalue weighted by molar-refractivity contribution is 6.26. The zero-order chi connectivity index (χ0) is 31.1. The summed E-state index contributed by atoms with van der Waals surface area (Å²) in [5, 5.41) is 0. The number of hydrogen-bond donors (Lipinski definition) is 0. The molecule has 1 aromatic heterocycles. The second-order valence-corrected chi connectivity index (χ2v) is 12.1. The maximum Gasteiger partial charge on any atom is 0.514 e. The molecule has 3 aliphatic rings. The number of rotatable bonds is 3. The molecule has 0 N–H and O–H groups in total. The van der Waals surface area contributed by atoms with Crippen LogP contribution in [0.4, 0.5) is 31.1 Å². The van der Waals surface area contributed by atoms with Gasteiger partial charge in [-0.25, -0.2) is 9.78 Å². The smallest absolute Gasteiger partial charge is 0.428 e. The minimum absolute atomic E-state index is 0.0119. The van der Waals surface area contributed by atoms with E-state index in [0.717, 1.165) is 16.7 Å². The van der Waals surface area contributed by atoms with Crippen LogP contribution in [0.1, 0.15) is 72.3 Å². The van der Waals surface area contributed by atoms with Gasteiger partial charge in [0.1, 0.15) is 22.7 Å². The van der Waals surface area contributed by atoms with Crippen molar-refractivity contribution in [2.45, 2.75) is 84.0 Å². The number of allylic oxidation sites excluding steroid dienone is 1. The molecule has 0 saturated carbocycles. The predicted molar refractivity (Wildman–Crippen MR) is 137 cm³/mol. The number of aromatic nitrogens is 1. The van der Waals surface area contributed by atoms with Crippen molar-refractivity contribution >= 4 is 17.5 Å². The fourth-order valence-electron chi connectivity index (χ4n) is 6.52. The number of fused-ring (bicyclic) bond motifs is 5. The molecule has 2 saturated heterocycles. The van der Waals surface area contributed by atoms with Gasteiger partial charge in [-0.15, -0.1) is 0 Å². The molecule has 226 valence electrons. The second kappa shape index (κ2) is 9.82. The number of nitrogens with zero attached hydrogens (tertiary/aromatic N) is 1. The Morgan fingerprint density at radius 2 is 1.45 bits per heavy atom. The van der Waals surface area contributed by atoms with Crippen LogP contribution in [-0.2, 0) is 31.4 Å². The van der Waals surface area contributed by atoms with Crippen molar-refractivity contribution < 1.29 is 50.1 Å². The molecule has 5 atom stereocenters. The third kappa shape index (κ3) is 5.29. The summed E-state index contributed by atoms with van der Waals surface area (Å²) < 4.78 is 98.3. The molecule has 6 nitrogen and oxygen atoms in total. The number of alkyl halides is 6. The average molecular weight is 598 g/mol. The topological polar surface area (TPSA) is 74.7 Å². The molecule has 12 heteroatoms. The van der Waals surface area contributed by atoms with E-state index in [1.165, 1.54) is 0 Å². The van der Waals surface area contributed by atoms with Crippen LogP contribution in [0.5, 0.6) is 0 Å². The number of ether oxygens (including phenoxy) is 3. The zero-order valence-corrected chi connectivity index (χ0v) is 23.7. The van der Waals surface area contributed by atoms with E-state index in [1.807, 2.05) is 19.1 Å². The first-order valence-electron chi connectivity index (χ1n) is 13.4. The molecular weight excluding hydrogens is 568 g/mol. The van der Waals surface area contributed by atoms with Gasteiger partial charge in [0.15, 0.2) is 5.78 Å². The number of hydrogen-bond acceptors (Lipinski definition) is 6. The van der Waals surface area contributed by atoms with E-state index in [1.54, 1.807) is 34.6 Å². The maximum atomic E-state index is 14.1. The SMILES string of the molecule is Cc1cc(C)c(C2=C(OC(=O)OC(C)(C)C)[C@@H]3[C@H](C2=O)[C@@H]2O[C@H]3C[C@H]2c2cc(C(F)(F)F)nc(C(F)(F)F)c2)c(C)c1. The maximum absolute atomic E-state index is 14.1. The van der Waals surface area contributed by atoms with Gasteiger partial charge >= 0.3 is 18.5 Å². The van der Waals surface area contributed by atoms with Gasteiger partial charge in [0.05, 0.1) is 29.6 Å². The summed E-state index contributed by atoms with van der Waals surface area (Å²) in [5.74, 6) is -3.12. The monoisotopic (exact) mass is 597 g/mol. The van der Waals surface area contributed by atoms with E-state index in [4.69, 9.17) is 14.2 Å². The van der Waals surface area contributed by atoms with Crippen molar-refractivity contribution in [3.63, 3.8) is 0 Å². The molecule has 3 heterocycles. The summed E-state index contributed by atoms with van der Waals surface area (Å²) in [5.41, 5.74) is -1.41. The lowest BCUT2D eigenvalue weighted by molar-refractivity contribution is -0.150. The van der Waals surface area contributed by atoms with Crippen molar-refractivity contribution in [3.05, 3.63) is 69.2 Å². The van der Waals surface area contributed by atoms with Gasteiger partial charge in [0.2, 0.25) is 0 Å². The minimum atomic E-state index is -5.12. The van der Waals surface area contributed by atoms with Crippen molar-refractivity contribution in [1.82, 2.24) is 4.98 Å². The molecular formula is C30H29F6NO5. The van der Waals surface area contributed by atoms with Crippen molar-refractivity contribution in [2.24, 2.45) is 11.8 Å². The Morgan fingerprint density at radius 1 is 0.905 bits per heavy atom. The Balaban J connectivity index is 1.59. The van der Waals surface area contributed by atoms with Crippen LogP contribution < -0.4 is 0 Å². The lowest BCUT2D eigenvalue weighted by Crippen LogP contribution is -2.35. The summed E-state index contributed by atoms with van der Waals surface area (Å²) in [6, 6.07) is 4.90. The Hall–Kier alpha value is -3.41. The van der Waals surface area contributed by atoms with Crippen molar-refractivity contribution in [3.8, 4) is 0 Å². The Bertz CT molecular complexity index is 1450. The number of ketones is 1. The number of aryl methyl sites for hydroxylation is 3. The largest absolute Gasteiger partial charge is 0.514 e. The highest BCUT2D eigenvalue weighted by atomic mass is 19.4. The number of carbonyl (C=O) groups is 2. The molecule has 2 fully saturated rings. The van der Waals surface area contributed by atoms with E-state index in [2.05, 4.69) is 4.98 Å². The Morgan fingerprint density at radius 3 is 1.95 bits per heavy atom. The molecule has 2 aliphatic heterocycles. The fourth-order valence-corrected chi connectivity index (χ4v) is 6.52. The van der Waals surface area contributed by atoms with Crippen LogP contribution in [0.15, 0.2) is 30.0 Å². The first kappa shape index (κ1) is 30.1. The number of carbonyl (C=O) groups excluding carboxylic acids is 2. The molecule has 1 aromatic carbocycles. The number of benzene rings is 1. The molecule has 2 bridgehead atoms. The first-order valence-corrected chi connectivity index (χ1v) is 13.4. The summed E-state index contributed by atoms with van der Waals surface area (Å²) in [7, 11) is 0. The lowest BCUT2D eigenvalue weighted by Gasteiger charge is -2.29. The third-order valence-electron chi connectivity index (χ3n) is 7.82. The summed E-state index contributed by atoms with van der Waals surface area (Å²) in [4.78, 5) is 29.8. The van der Waals surface area contributed by atoms with E-state index >= 15 is 0 Å². The first-order chi connectivity index (χ1) is 19.3. The highest BCUT2D eigenvalue weighted by Crippen LogP contribution is 2.59. The van der Waals surface area contributed by atoms with Crippen LogP contribution in [0, 0.1) is 32.6 Å². The molecule has 2 aromatic rings. The fraction of sp³-hybridized carbons (Fsp3) is 0.500. The third-order valence-corrected chi connectivity index (χ3v) is 7.82. The molecule has 0 radical (unpaired) electrons. The van der Waals surface area contributed by atoms with Crippen LogP contribution in [0.3, 0.4) is 0 Å². The molecule has 0 spiro atoms. The number of pyridine rings is 1. The van der Waals surface area contributed by atoms with Gasteiger partial charge in [-0.3, -0.25) is 4.79 Å². The quantitative estimate of drug-likeness (QED) is 0.270. The van der Waals surface area contributed by atoms with E-state index in [0.29, 0.717) is 17.7 Å². The Kier molecular flexibility index (Phi) is 7.03. The van der Waals surface area contributed by atoms with Gasteiger partial charge in [-0.2, -0.15) is 26.3 Å². The zero-order valence-electron chi connectivity index (χ0n) is 23.7. The van der Waals surface area contributed by atoms with E-state index in [9.17, 15) is 35.9 Å². The molecule has 0 unspecified atom stereocenters.